The van der Waals surface area contributed by atoms with Gasteiger partial charge in [0.2, 0.25) is 11.8 Å². The molecule has 0 aliphatic carbocycles. The van der Waals surface area contributed by atoms with E-state index in [0.29, 0.717) is 31.6 Å². The number of hydrogen-bond donors (Lipinski definition) is 2. The zero-order chi connectivity index (χ0) is 25.4. The largest absolute Gasteiger partial charge is 0.497 e. The van der Waals surface area contributed by atoms with Crippen LogP contribution in [0.2, 0.25) is 0 Å². The number of benzene rings is 2. The lowest BCUT2D eigenvalue weighted by Gasteiger charge is -2.30. The number of hydrogen-bond acceptors (Lipinski definition) is 6. The van der Waals surface area contributed by atoms with E-state index in [9.17, 15) is 14.4 Å². The molecule has 8 heteroatoms. The summed E-state index contributed by atoms with van der Waals surface area (Å²) >= 11 is 0. The molecule has 0 bridgehead atoms. The maximum atomic E-state index is 13.7. The summed E-state index contributed by atoms with van der Waals surface area (Å²) in [4.78, 5) is 40.9. The SMILES string of the molecule is CC[C@](C)(N)C(=O)N[C@@H](Cc1ccc(OC)cc1)C(=O)N1CCC[C@@H]1C(=O)OCc1ccccc1. The molecule has 3 atom stereocenters. The first-order valence-electron chi connectivity index (χ1n) is 12.0. The van der Waals surface area contributed by atoms with Crippen molar-refractivity contribution in [3.8, 4) is 5.75 Å². The van der Waals surface area contributed by atoms with Gasteiger partial charge in [-0.05, 0) is 49.4 Å². The predicted octanol–water partition coefficient (Wildman–Crippen LogP) is 2.58. The summed E-state index contributed by atoms with van der Waals surface area (Å²) in [5, 5.41) is 2.84. The molecule has 188 valence electrons. The fourth-order valence-electron chi connectivity index (χ4n) is 3.98. The molecule has 0 aromatic heterocycles. The van der Waals surface area contributed by atoms with E-state index in [0.717, 1.165) is 11.1 Å². The highest BCUT2D eigenvalue weighted by atomic mass is 16.5. The first kappa shape index (κ1) is 26.2. The molecule has 2 amide bonds. The standard InChI is InChI=1S/C27H35N3O5/c1-4-27(2,28)26(33)29-22(17-19-12-14-21(34-3)15-13-19)24(31)30-16-8-11-23(30)25(32)35-18-20-9-6-5-7-10-20/h5-7,9-10,12-15,22-23H,4,8,11,16-18,28H2,1-3H3,(H,29,33)/t22-,23+,27-/m0/s1. The first-order valence-corrected chi connectivity index (χ1v) is 12.0. The molecule has 2 aromatic rings. The summed E-state index contributed by atoms with van der Waals surface area (Å²) in [5.41, 5.74) is 6.75. The van der Waals surface area contributed by atoms with Gasteiger partial charge in [-0.2, -0.15) is 0 Å². The molecular formula is C27H35N3O5. The van der Waals surface area contributed by atoms with E-state index in [1.54, 1.807) is 26.2 Å². The molecule has 8 nitrogen and oxygen atoms in total. The van der Waals surface area contributed by atoms with Crippen molar-refractivity contribution in [2.45, 2.75) is 63.8 Å². The van der Waals surface area contributed by atoms with Crippen molar-refractivity contribution < 1.29 is 23.9 Å². The number of nitrogens with zero attached hydrogens (tertiary/aromatic N) is 1. The third kappa shape index (κ3) is 6.82. The van der Waals surface area contributed by atoms with Crippen molar-refractivity contribution in [2.75, 3.05) is 13.7 Å². The van der Waals surface area contributed by atoms with Gasteiger partial charge in [-0.15, -0.1) is 0 Å². The van der Waals surface area contributed by atoms with Crippen molar-refractivity contribution in [1.29, 1.82) is 0 Å². The molecule has 1 aliphatic rings. The summed E-state index contributed by atoms with van der Waals surface area (Å²) in [6, 6.07) is 15.2. The van der Waals surface area contributed by atoms with Crippen LogP contribution in [0, 0.1) is 0 Å². The van der Waals surface area contributed by atoms with Crippen LogP contribution in [-0.4, -0.2) is 54.0 Å². The zero-order valence-corrected chi connectivity index (χ0v) is 20.7. The van der Waals surface area contributed by atoms with Crippen LogP contribution in [-0.2, 0) is 32.1 Å². The van der Waals surface area contributed by atoms with E-state index in [1.807, 2.05) is 49.4 Å². The minimum atomic E-state index is -1.11. The van der Waals surface area contributed by atoms with Crippen molar-refractivity contribution in [3.05, 3.63) is 65.7 Å². The van der Waals surface area contributed by atoms with Crippen molar-refractivity contribution in [3.63, 3.8) is 0 Å². The van der Waals surface area contributed by atoms with Gasteiger partial charge in [0.25, 0.3) is 0 Å². The summed E-state index contributed by atoms with van der Waals surface area (Å²) in [6.07, 6.45) is 1.88. The molecule has 0 radical (unpaired) electrons. The Morgan fingerprint density at radius 1 is 1.11 bits per heavy atom. The fraction of sp³-hybridized carbons (Fsp3) is 0.444. The highest BCUT2D eigenvalue weighted by Gasteiger charge is 2.39. The lowest BCUT2D eigenvalue weighted by Crippen LogP contribution is -2.59. The summed E-state index contributed by atoms with van der Waals surface area (Å²) in [5.74, 6) is -0.470. The van der Waals surface area contributed by atoms with Gasteiger partial charge < -0.3 is 25.4 Å². The normalized spacial score (nSPS) is 17.8. The van der Waals surface area contributed by atoms with E-state index < -0.39 is 29.5 Å². The monoisotopic (exact) mass is 481 g/mol. The summed E-state index contributed by atoms with van der Waals surface area (Å²) in [6.45, 7) is 4.02. The Bertz CT molecular complexity index is 1010. The van der Waals surface area contributed by atoms with Crippen LogP contribution in [0.25, 0.3) is 0 Å². The van der Waals surface area contributed by atoms with Crippen LogP contribution in [0.1, 0.15) is 44.2 Å². The lowest BCUT2D eigenvalue weighted by atomic mass is 9.97. The number of esters is 1. The van der Waals surface area contributed by atoms with Gasteiger partial charge in [0.15, 0.2) is 0 Å². The fourth-order valence-corrected chi connectivity index (χ4v) is 3.98. The Morgan fingerprint density at radius 2 is 1.80 bits per heavy atom. The van der Waals surface area contributed by atoms with Crippen LogP contribution in [0.3, 0.4) is 0 Å². The maximum Gasteiger partial charge on any atom is 0.329 e. The van der Waals surface area contributed by atoms with Gasteiger partial charge in [-0.3, -0.25) is 9.59 Å². The molecule has 1 heterocycles. The average molecular weight is 482 g/mol. The van der Waals surface area contributed by atoms with Crippen LogP contribution in [0.4, 0.5) is 0 Å². The molecule has 0 saturated carbocycles. The van der Waals surface area contributed by atoms with Gasteiger partial charge in [-0.1, -0.05) is 49.4 Å². The van der Waals surface area contributed by atoms with E-state index >= 15 is 0 Å². The van der Waals surface area contributed by atoms with Crippen LogP contribution < -0.4 is 15.8 Å². The molecule has 0 spiro atoms. The van der Waals surface area contributed by atoms with E-state index in [4.69, 9.17) is 15.2 Å². The highest BCUT2D eigenvalue weighted by Crippen LogP contribution is 2.22. The van der Waals surface area contributed by atoms with Crippen molar-refractivity contribution in [2.24, 2.45) is 5.73 Å². The number of nitrogens with one attached hydrogen (secondary N) is 1. The Labute approximate surface area is 206 Å². The van der Waals surface area contributed by atoms with Crippen molar-refractivity contribution >= 4 is 17.8 Å². The smallest absolute Gasteiger partial charge is 0.329 e. The molecule has 0 unspecified atom stereocenters. The average Bonchev–Trinajstić information content (AvgIpc) is 3.37. The molecule has 3 rings (SSSR count). The van der Waals surface area contributed by atoms with Crippen LogP contribution in [0.5, 0.6) is 5.75 Å². The molecule has 1 aliphatic heterocycles. The number of methoxy groups -OCH3 is 1. The Morgan fingerprint density at radius 3 is 2.43 bits per heavy atom. The van der Waals surface area contributed by atoms with Gasteiger partial charge in [-0.25, -0.2) is 4.79 Å². The van der Waals surface area contributed by atoms with Gasteiger partial charge >= 0.3 is 5.97 Å². The molecule has 1 saturated heterocycles. The third-order valence-electron chi connectivity index (χ3n) is 6.49. The number of amides is 2. The number of carbonyl (C=O) groups is 3. The second-order valence-corrected chi connectivity index (χ2v) is 9.13. The van der Waals surface area contributed by atoms with Crippen LogP contribution in [0.15, 0.2) is 54.6 Å². The molecular weight excluding hydrogens is 446 g/mol. The van der Waals surface area contributed by atoms with Gasteiger partial charge in [0.1, 0.15) is 24.4 Å². The maximum absolute atomic E-state index is 13.7. The Kier molecular flexibility index (Phi) is 8.87. The van der Waals surface area contributed by atoms with Gasteiger partial charge in [0.05, 0.1) is 12.6 Å². The van der Waals surface area contributed by atoms with E-state index in [2.05, 4.69) is 5.32 Å². The summed E-state index contributed by atoms with van der Waals surface area (Å²) in [7, 11) is 1.58. The quantitative estimate of drug-likeness (QED) is 0.505. The van der Waals surface area contributed by atoms with Crippen molar-refractivity contribution in [1.82, 2.24) is 10.2 Å². The Balaban J connectivity index is 1.75. The second kappa shape index (κ2) is 11.8. The topological polar surface area (TPSA) is 111 Å². The van der Waals surface area contributed by atoms with E-state index in [-0.39, 0.29) is 18.9 Å². The zero-order valence-electron chi connectivity index (χ0n) is 20.7. The van der Waals surface area contributed by atoms with Gasteiger partial charge in [0, 0.05) is 13.0 Å². The summed E-state index contributed by atoms with van der Waals surface area (Å²) < 4.78 is 10.7. The first-order chi connectivity index (χ1) is 16.7. The number of rotatable bonds is 10. The van der Waals surface area contributed by atoms with Crippen LogP contribution >= 0.6 is 0 Å². The van der Waals surface area contributed by atoms with E-state index in [1.165, 1.54) is 4.90 Å². The number of carbonyl (C=O) groups excluding carboxylic acids is 3. The third-order valence-corrected chi connectivity index (χ3v) is 6.49. The number of nitrogens with two attached hydrogens (primary N) is 1. The molecule has 3 N–H and O–H groups in total. The number of likely N-dealkylation sites (tertiary alicyclic amines) is 1. The molecule has 2 aromatic carbocycles. The molecule has 35 heavy (non-hydrogen) atoms. The number of ether oxygens (including phenoxy) is 2. The minimum Gasteiger partial charge on any atom is -0.497 e. The highest BCUT2D eigenvalue weighted by molar-refractivity contribution is 5.93. The molecule has 1 fully saturated rings. The lowest BCUT2D eigenvalue weighted by molar-refractivity contribution is -0.155. The second-order valence-electron chi connectivity index (χ2n) is 9.13. The Hall–Kier alpha value is -3.39. The minimum absolute atomic E-state index is 0.145. The predicted molar refractivity (Wildman–Crippen MR) is 132 cm³/mol.